The molecule has 1 unspecified atom stereocenters. The Morgan fingerprint density at radius 1 is 1.32 bits per heavy atom. The van der Waals surface area contributed by atoms with Crippen molar-refractivity contribution in [1.82, 2.24) is 25.3 Å². The predicted octanol–water partition coefficient (Wildman–Crippen LogP) is 2.19. The summed E-state index contributed by atoms with van der Waals surface area (Å²) in [5.74, 6) is -0.000835. The first-order valence-electron chi connectivity index (χ1n) is 7.14. The van der Waals surface area contributed by atoms with Crippen molar-refractivity contribution in [3.05, 3.63) is 53.7 Å². The molecule has 0 spiro atoms. The van der Waals surface area contributed by atoms with Crippen molar-refractivity contribution in [1.29, 1.82) is 0 Å². The van der Waals surface area contributed by atoms with Crippen LogP contribution >= 0.6 is 0 Å². The number of benzene rings is 1. The van der Waals surface area contributed by atoms with Crippen LogP contribution in [-0.2, 0) is 0 Å². The number of H-pyrrole nitrogens is 1. The smallest absolute Gasteiger partial charge is 0.272 e. The second kappa shape index (κ2) is 5.93. The Kier molecular flexibility index (Phi) is 3.82. The highest BCUT2D eigenvalue weighted by molar-refractivity contribution is 6.01. The molecule has 1 atom stereocenters. The maximum Gasteiger partial charge on any atom is 0.272 e. The Labute approximate surface area is 128 Å². The molecule has 0 fully saturated rings. The first-order chi connectivity index (χ1) is 10.6. The van der Waals surface area contributed by atoms with Crippen molar-refractivity contribution in [2.24, 2.45) is 0 Å². The summed E-state index contributed by atoms with van der Waals surface area (Å²) >= 11 is 0. The highest BCUT2D eigenvalue weighted by Gasteiger charge is 2.15. The second-order valence-corrected chi connectivity index (χ2v) is 5.35. The zero-order chi connectivity index (χ0) is 15.5. The van der Waals surface area contributed by atoms with Crippen molar-refractivity contribution in [2.75, 3.05) is 6.54 Å². The Morgan fingerprint density at radius 2 is 2.18 bits per heavy atom. The number of nitrogens with zero attached hydrogens (tertiary/aromatic N) is 3. The highest BCUT2D eigenvalue weighted by Crippen LogP contribution is 2.16. The fourth-order valence-electron chi connectivity index (χ4n) is 2.36. The molecule has 0 bridgehead atoms. The minimum Gasteiger partial charge on any atom is -0.350 e. The molecule has 3 aromatic rings. The van der Waals surface area contributed by atoms with Crippen LogP contribution in [0.2, 0.25) is 0 Å². The van der Waals surface area contributed by atoms with E-state index in [1.807, 2.05) is 6.07 Å². The molecule has 22 heavy (non-hydrogen) atoms. The van der Waals surface area contributed by atoms with Crippen LogP contribution in [0.3, 0.4) is 0 Å². The lowest BCUT2D eigenvalue weighted by molar-refractivity contribution is 0.0948. The van der Waals surface area contributed by atoms with Gasteiger partial charge in [-0.05, 0) is 18.4 Å². The topological polar surface area (TPSA) is 83.6 Å². The number of amides is 1. The normalized spacial score (nSPS) is 12.3. The van der Waals surface area contributed by atoms with Gasteiger partial charge in [-0.1, -0.05) is 36.8 Å². The van der Waals surface area contributed by atoms with Crippen LogP contribution in [0.5, 0.6) is 0 Å². The summed E-state index contributed by atoms with van der Waals surface area (Å²) in [7, 11) is 0. The number of aryl methyl sites for hydroxylation is 1. The second-order valence-electron chi connectivity index (χ2n) is 5.35. The third kappa shape index (κ3) is 2.81. The maximum absolute atomic E-state index is 12.3. The standard InChI is InChI=1S/C16H17N5O/c1-10-4-3-5-12(6-10)11(2)7-17-16(22)14-13-15(20-8-18-13)21-9-19-14/h3-6,8-9,11H,7H2,1-2H3,(H,17,22)(H,18,19,20,21). The van der Waals surface area contributed by atoms with Gasteiger partial charge in [0.2, 0.25) is 0 Å². The van der Waals surface area contributed by atoms with Crippen LogP contribution < -0.4 is 5.32 Å². The number of fused-ring (bicyclic) bond motifs is 1. The van der Waals surface area contributed by atoms with Gasteiger partial charge < -0.3 is 10.3 Å². The van der Waals surface area contributed by atoms with Gasteiger partial charge in [0.15, 0.2) is 11.3 Å². The minimum absolute atomic E-state index is 0.225. The van der Waals surface area contributed by atoms with Crippen molar-refractivity contribution in [3.8, 4) is 0 Å². The Morgan fingerprint density at radius 3 is 3.00 bits per heavy atom. The largest absolute Gasteiger partial charge is 0.350 e. The zero-order valence-electron chi connectivity index (χ0n) is 12.5. The molecule has 2 N–H and O–H groups in total. The van der Waals surface area contributed by atoms with E-state index >= 15 is 0 Å². The van der Waals surface area contributed by atoms with E-state index in [1.54, 1.807) is 0 Å². The maximum atomic E-state index is 12.3. The predicted molar refractivity (Wildman–Crippen MR) is 83.6 cm³/mol. The zero-order valence-corrected chi connectivity index (χ0v) is 12.5. The monoisotopic (exact) mass is 295 g/mol. The van der Waals surface area contributed by atoms with Crippen LogP contribution in [0, 0.1) is 6.92 Å². The van der Waals surface area contributed by atoms with E-state index in [0.29, 0.717) is 23.4 Å². The van der Waals surface area contributed by atoms with Crippen molar-refractivity contribution >= 4 is 17.1 Å². The van der Waals surface area contributed by atoms with Crippen LogP contribution in [-0.4, -0.2) is 32.4 Å². The number of imidazole rings is 1. The third-order valence-electron chi connectivity index (χ3n) is 3.62. The highest BCUT2D eigenvalue weighted by atomic mass is 16.1. The average molecular weight is 295 g/mol. The van der Waals surface area contributed by atoms with Gasteiger partial charge >= 0.3 is 0 Å². The summed E-state index contributed by atoms with van der Waals surface area (Å²) in [4.78, 5) is 27.3. The van der Waals surface area contributed by atoms with Crippen molar-refractivity contribution < 1.29 is 4.79 Å². The molecule has 6 heteroatoms. The number of rotatable bonds is 4. The summed E-state index contributed by atoms with van der Waals surface area (Å²) in [6, 6.07) is 8.29. The third-order valence-corrected chi connectivity index (χ3v) is 3.62. The molecule has 3 rings (SSSR count). The van der Waals surface area contributed by atoms with E-state index in [4.69, 9.17) is 0 Å². The fourth-order valence-corrected chi connectivity index (χ4v) is 2.36. The molecule has 0 aliphatic carbocycles. The summed E-state index contributed by atoms with van der Waals surface area (Å²) < 4.78 is 0. The number of carbonyl (C=O) groups is 1. The summed E-state index contributed by atoms with van der Waals surface area (Å²) in [6.07, 6.45) is 2.85. The average Bonchev–Trinajstić information content (AvgIpc) is 3.00. The summed E-state index contributed by atoms with van der Waals surface area (Å²) in [5, 5.41) is 2.92. The van der Waals surface area contributed by atoms with Gasteiger partial charge in [-0.15, -0.1) is 0 Å². The van der Waals surface area contributed by atoms with E-state index in [1.165, 1.54) is 23.8 Å². The van der Waals surface area contributed by atoms with Crippen LogP contribution in [0.1, 0.15) is 34.5 Å². The molecule has 112 valence electrons. The SMILES string of the molecule is Cc1cccc(C(C)CNC(=O)c2ncnc3nc[nH]c23)c1. The number of aromatic amines is 1. The number of nitrogens with one attached hydrogen (secondary N) is 2. The van der Waals surface area contributed by atoms with E-state index in [9.17, 15) is 4.79 Å². The fraction of sp³-hybridized carbons (Fsp3) is 0.250. The first kappa shape index (κ1) is 14.2. The van der Waals surface area contributed by atoms with E-state index < -0.39 is 0 Å². The van der Waals surface area contributed by atoms with Gasteiger partial charge in [-0.25, -0.2) is 15.0 Å². The Hall–Kier alpha value is -2.76. The Bertz CT molecular complexity index is 811. The van der Waals surface area contributed by atoms with Gasteiger partial charge in [-0.3, -0.25) is 4.79 Å². The van der Waals surface area contributed by atoms with Gasteiger partial charge in [0, 0.05) is 6.54 Å². The molecule has 0 aliphatic heterocycles. The number of carbonyl (C=O) groups excluding carboxylic acids is 1. The molecule has 0 saturated heterocycles. The molecule has 2 aromatic heterocycles. The van der Waals surface area contributed by atoms with Crippen LogP contribution in [0.4, 0.5) is 0 Å². The number of hydrogen-bond donors (Lipinski definition) is 2. The lowest BCUT2D eigenvalue weighted by Gasteiger charge is -2.13. The molecule has 0 saturated carbocycles. The van der Waals surface area contributed by atoms with Gasteiger partial charge in [-0.2, -0.15) is 0 Å². The number of aromatic nitrogens is 4. The molecular weight excluding hydrogens is 278 g/mol. The minimum atomic E-state index is -0.226. The molecule has 6 nitrogen and oxygen atoms in total. The number of hydrogen-bond acceptors (Lipinski definition) is 4. The van der Waals surface area contributed by atoms with Crippen LogP contribution in [0.15, 0.2) is 36.9 Å². The molecule has 0 aliphatic rings. The summed E-state index contributed by atoms with van der Waals surface area (Å²) in [5.41, 5.74) is 3.79. The van der Waals surface area contributed by atoms with Gasteiger partial charge in [0.1, 0.15) is 11.8 Å². The molecule has 1 aromatic carbocycles. The molecule has 1 amide bonds. The van der Waals surface area contributed by atoms with E-state index in [-0.39, 0.29) is 11.8 Å². The lowest BCUT2D eigenvalue weighted by atomic mass is 9.99. The quantitative estimate of drug-likeness (QED) is 0.773. The first-order valence-corrected chi connectivity index (χ1v) is 7.14. The Balaban J connectivity index is 1.71. The van der Waals surface area contributed by atoms with E-state index in [2.05, 4.69) is 57.3 Å². The lowest BCUT2D eigenvalue weighted by Crippen LogP contribution is -2.28. The molecule has 0 radical (unpaired) electrons. The van der Waals surface area contributed by atoms with Gasteiger partial charge in [0.05, 0.1) is 6.33 Å². The van der Waals surface area contributed by atoms with Crippen LogP contribution in [0.25, 0.3) is 11.2 Å². The molecular formula is C16H17N5O. The summed E-state index contributed by atoms with van der Waals surface area (Å²) in [6.45, 7) is 4.69. The van der Waals surface area contributed by atoms with E-state index in [0.717, 1.165) is 0 Å². The van der Waals surface area contributed by atoms with Crippen molar-refractivity contribution in [2.45, 2.75) is 19.8 Å². The molecule has 2 heterocycles. The van der Waals surface area contributed by atoms with Crippen molar-refractivity contribution in [3.63, 3.8) is 0 Å². The van der Waals surface area contributed by atoms with Gasteiger partial charge in [0.25, 0.3) is 5.91 Å².